The highest BCUT2D eigenvalue weighted by molar-refractivity contribution is 7.99. The summed E-state index contributed by atoms with van der Waals surface area (Å²) < 4.78 is 14.4. The average molecular weight is 426 g/mol. The van der Waals surface area contributed by atoms with Crippen LogP contribution in [0.25, 0.3) is 11.3 Å². The van der Waals surface area contributed by atoms with Crippen molar-refractivity contribution in [3.63, 3.8) is 0 Å². The number of halogens is 1. The first-order valence-electron chi connectivity index (χ1n) is 9.77. The van der Waals surface area contributed by atoms with Gasteiger partial charge in [0.2, 0.25) is 5.91 Å². The minimum absolute atomic E-state index is 0.109. The van der Waals surface area contributed by atoms with Gasteiger partial charge in [-0.1, -0.05) is 26.0 Å². The second-order valence-electron chi connectivity index (χ2n) is 7.12. The lowest BCUT2D eigenvalue weighted by atomic mass is 10.1. The Morgan fingerprint density at radius 2 is 1.77 bits per heavy atom. The van der Waals surface area contributed by atoms with Crippen LogP contribution in [-0.2, 0) is 17.8 Å². The molecule has 2 aromatic carbocycles. The van der Waals surface area contributed by atoms with Crippen molar-refractivity contribution in [2.24, 2.45) is 0 Å². The van der Waals surface area contributed by atoms with Crippen molar-refractivity contribution >= 4 is 17.7 Å². The van der Waals surface area contributed by atoms with Gasteiger partial charge in [-0.2, -0.15) is 5.10 Å². The molecule has 30 heavy (non-hydrogen) atoms. The molecule has 156 valence electrons. The van der Waals surface area contributed by atoms with E-state index in [0.717, 1.165) is 5.56 Å². The number of nitrogens with one attached hydrogen (secondary N) is 1. The molecular weight excluding hydrogens is 401 g/mol. The van der Waals surface area contributed by atoms with E-state index >= 15 is 0 Å². The van der Waals surface area contributed by atoms with E-state index in [0.29, 0.717) is 23.1 Å². The second kappa shape index (κ2) is 10.2. The summed E-state index contributed by atoms with van der Waals surface area (Å²) in [5.74, 6) is -0.440. The molecule has 0 atom stereocenters. The molecule has 0 spiro atoms. The molecule has 7 heteroatoms. The lowest BCUT2D eigenvalue weighted by Gasteiger charge is -2.09. The van der Waals surface area contributed by atoms with E-state index in [9.17, 15) is 14.0 Å². The Hall–Kier alpha value is -2.93. The topological polar surface area (TPSA) is 64.0 Å². The summed E-state index contributed by atoms with van der Waals surface area (Å²) in [6.07, 6.45) is 0.282. The van der Waals surface area contributed by atoms with Crippen molar-refractivity contribution in [2.75, 3.05) is 6.54 Å². The number of hydrogen-bond acceptors (Lipinski definition) is 4. The fourth-order valence-electron chi connectivity index (χ4n) is 2.89. The van der Waals surface area contributed by atoms with Gasteiger partial charge in [0, 0.05) is 28.3 Å². The van der Waals surface area contributed by atoms with Gasteiger partial charge < -0.3 is 5.32 Å². The molecule has 5 nitrogen and oxygen atoms in total. The van der Waals surface area contributed by atoms with Crippen molar-refractivity contribution < 1.29 is 9.18 Å². The molecule has 0 saturated carbocycles. The molecule has 0 unspecified atom stereocenters. The lowest BCUT2D eigenvalue weighted by molar-refractivity contribution is -0.120. The molecule has 0 aliphatic heterocycles. The van der Waals surface area contributed by atoms with E-state index in [-0.39, 0.29) is 30.2 Å². The van der Waals surface area contributed by atoms with Crippen LogP contribution in [0.3, 0.4) is 0 Å². The molecule has 1 aromatic heterocycles. The Morgan fingerprint density at radius 3 is 2.43 bits per heavy atom. The number of benzene rings is 2. The van der Waals surface area contributed by atoms with Crippen molar-refractivity contribution in [1.82, 2.24) is 15.1 Å². The molecule has 0 saturated heterocycles. The van der Waals surface area contributed by atoms with Crippen LogP contribution in [0.1, 0.15) is 19.4 Å². The second-order valence-corrected chi connectivity index (χ2v) is 8.77. The number of carbonyl (C=O) groups excluding carboxylic acids is 1. The average Bonchev–Trinajstić information content (AvgIpc) is 2.71. The highest BCUT2D eigenvalue weighted by atomic mass is 32.2. The maximum absolute atomic E-state index is 13.1. The fourth-order valence-corrected chi connectivity index (χ4v) is 3.73. The zero-order chi connectivity index (χ0) is 21.5. The standard InChI is InChI=1S/C23H24FN3O2S/c1-16(2)30-20-9-3-17(4-10-20)15-22(28)25-13-14-27-23(29)12-11-21(26-27)18-5-7-19(24)8-6-18/h3-12,16H,13-15H2,1-2H3,(H,25,28). The largest absolute Gasteiger partial charge is 0.354 e. The van der Waals surface area contributed by atoms with Gasteiger partial charge >= 0.3 is 0 Å². The number of rotatable bonds is 8. The minimum Gasteiger partial charge on any atom is -0.354 e. The first kappa shape index (κ1) is 21.8. The van der Waals surface area contributed by atoms with E-state index in [2.05, 4.69) is 24.3 Å². The number of nitrogens with zero attached hydrogens (tertiary/aromatic N) is 2. The summed E-state index contributed by atoms with van der Waals surface area (Å²) in [6, 6.07) is 16.9. The minimum atomic E-state index is -0.330. The maximum Gasteiger partial charge on any atom is 0.266 e. The van der Waals surface area contributed by atoms with Crippen LogP contribution in [-0.4, -0.2) is 27.5 Å². The summed E-state index contributed by atoms with van der Waals surface area (Å²) in [5, 5.41) is 7.65. The van der Waals surface area contributed by atoms with Crippen molar-refractivity contribution in [3.05, 3.63) is 82.4 Å². The van der Waals surface area contributed by atoms with Gasteiger partial charge in [-0.05, 0) is 48.0 Å². The first-order chi connectivity index (χ1) is 14.4. The van der Waals surface area contributed by atoms with Crippen molar-refractivity contribution in [2.45, 2.75) is 37.0 Å². The van der Waals surface area contributed by atoms with Crippen LogP contribution in [0, 0.1) is 5.82 Å². The van der Waals surface area contributed by atoms with E-state index in [1.807, 2.05) is 24.3 Å². The summed E-state index contributed by atoms with van der Waals surface area (Å²) in [7, 11) is 0. The zero-order valence-corrected chi connectivity index (χ0v) is 17.8. The van der Waals surface area contributed by atoms with Crippen LogP contribution >= 0.6 is 11.8 Å². The lowest BCUT2D eigenvalue weighted by Crippen LogP contribution is -2.32. The summed E-state index contributed by atoms with van der Waals surface area (Å²) in [6.45, 7) is 4.83. The van der Waals surface area contributed by atoms with Crippen LogP contribution < -0.4 is 10.9 Å². The Morgan fingerprint density at radius 1 is 1.07 bits per heavy atom. The molecule has 3 aromatic rings. The molecule has 0 aliphatic carbocycles. The van der Waals surface area contributed by atoms with Gasteiger partial charge in [-0.15, -0.1) is 11.8 Å². The highest BCUT2D eigenvalue weighted by Crippen LogP contribution is 2.23. The van der Waals surface area contributed by atoms with Crippen LogP contribution in [0.2, 0.25) is 0 Å². The van der Waals surface area contributed by atoms with E-state index in [4.69, 9.17) is 0 Å². The highest BCUT2D eigenvalue weighted by Gasteiger charge is 2.07. The van der Waals surface area contributed by atoms with Crippen LogP contribution in [0.15, 0.2) is 70.4 Å². The fraction of sp³-hybridized carbons (Fsp3) is 0.261. The molecule has 0 fully saturated rings. The first-order valence-corrected chi connectivity index (χ1v) is 10.6. The van der Waals surface area contributed by atoms with Gasteiger partial charge in [0.1, 0.15) is 5.82 Å². The zero-order valence-electron chi connectivity index (χ0n) is 17.0. The predicted molar refractivity (Wildman–Crippen MR) is 118 cm³/mol. The number of aromatic nitrogens is 2. The predicted octanol–water partition coefficient (Wildman–Crippen LogP) is 3.91. The normalized spacial score (nSPS) is 10.9. The van der Waals surface area contributed by atoms with Gasteiger partial charge in [0.05, 0.1) is 18.7 Å². The third-order valence-electron chi connectivity index (χ3n) is 4.31. The monoisotopic (exact) mass is 425 g/mol. The molecular formula is C23H24FN3O2S. The number of amides is 1. The van der Waals surface area contributed by atoms with Gasteiger partial charge in [0.25, 0.3) is 5.56 Å². The van der Waals surface area contributed by atoms with Crippen molar-refractivity contribution in [1.29, 1.82) is 0 Å². The maximum atomic E-state index is 13.1. The Balaban J connectivity index is 1.54. The quantitative estimate of drug-likeness (QED) is 0.556. The van der Waals surface area contributed by atoms with E-state index < -0.39 is 0 Å². The van der Waals surface area contributed by atoms with Crippen molar-refractivity contribution in [3.8, 4) is 11.3 Å². The summed E-state index contributed by atoms with van der Waals surface area (Å²) in [4.78, 5) is 25.4. The van der Waals surface area contributed by atoms with E-state index in [1.165, 1.54) is 27.8 Å². The third kappa shape index (κ3) is 6.29. The SMILES string of the molecule is CC(C)Sc1ccc(CC(=O)NCCn2nc(-c3ccc(F)cc3)ccc2=O)cc1. The molecule has 3 rings (SSSR count). The Labute approximate surface area is 179 Å². The number of carbonyl (C=O) groups is 1. The van der Waals surface area contributed by atoms with Crippen LogP contribution in [0.4, 0.5) is 4.39 Å². The van der Waals surface area contributed by atoms with Gasteiger partial charge in [0.15, 0.2) is 0 Å². The van der Waals surface area contributed by atoms with Crippen LogP contribution in [0.5, 0.6) is 0 Å². The smallest absolute Gasteiger partial charge is 0.266 e. The number of hydrogen-bond donors (Lipinski definition) is 1. The molecule has 0 radical (unpaired) electrons. The van der Waals surface area contributed by atoms with E-state index in [1.54, 1.807) is 30.0 Å². The molecule has 0 bridgehead atoms. The Bertz CT molecular complexity index is 1050. The third-order valence-corrected chi connectivity index (χ3v) is 5.33. The molecule has 1 N–H and O–H groups in total. The van der Waals surface area contributed by atoms with Gasteiger partial charge in [-0.3, -0.25) is 9.59 Å². The molecule has 1 heterocycles. The summed E-state index contributed by atoms with van der Waals surface area (Å²) >= 11 is 1.78. The van der Waals surface area contributed by atoms with Gasteiger partial charge in [-0.25, -0.2) is 9.07 Å². The molecule has 1 amide bonds. The summed E-state index contributed by atoms with van der Waals surface area (Å²) in [5.41, 5.74) is 1.97. The Kier molecular flexibility index (Phi) is 7.41. The number of thioether (sulfide) groups is 1. The molecule has 0 aliphatic rings.